The van der Waals surface area contributed by atoms with Crippen molar-refractivity contribution < 1.29 is 19.2 Å². The molecule has 0 aliphatic carbocycles. The Bertz CT molecular complexity index is 526. The summed E-state index contributed by atoms with van der Waals surface area (Å²) in [6, 6.07) is 4.31. The minimum absolute atomic E-state index is 0.125. The number of ether oxygens (including phenoxy) is 2. The van der Waals surface area contributed by atoms with Crippen LogP contribution in [0.5, 0.6) is 0 Å². The van der Waals surface area contributed by atoms with Gasteiger partial charge in [0.05, 0.1) is 23.7 Å². The van der Waals surface area contributed by atoms with Gasteiger partial charge in [-0.25, -0.2) is 4.79 Å². The number of hydrogen-bond acceptors (Lipinski definition) is 6. The Morgan fingerprint density at radius 1 is 1.57 bits per heavy atom. The predicted octanol–water partition coefficient (Wildman–Crippen LogP) is 2.22. The summed E-state index contributed by atoms with van der Waals surface area (Å²) < 4.78 is 10.1. The second kappa shape index (κ2) is 7.03. The molecule has 1 aliphatic heterocycles. The summed E-state index contributed by atoms with van der Waals surface area (Å²) in [7, 11) is 0. The highest BCUT2D eigenvalue weighted by atomic mass is 16.6. The van der Waals surface area contributed by atoms with E-state index in [0.29, 0.717) is 24.8 Å². The van der Waals surface area contributed by atoms with Crippen molar-refractivity contribution in [2.75, 3.05) is 31.7 Å². The fraction of sp³-hybridized carbons (Fsp3) is 0.500. The van der Waals surface area contributed by atoms with E-state index >= 15 is 0 Å². The Kier molecular flexibility index (Phi) is 5.10. The maximum atomic E-state index is 11.6. The van der Waals surface area contributed by atoms with Crippen molar-refractivity contribution in [3.63, 3.8) is 0 Å². The van der Waals surface area contributed by atoms with Gasteiger partial charge in [0, 0.05) is 25.1 Å². The molecule has 0 radical (unpaired) electrons. The highest BCUT2D eigenvalue weighted by Crippen LogP contribution is 2.26. The van der Waals surface area contributed by atoms with E-state index < -0.39 is 10.9 Å². The number of benzene rings is 1. The van der Waals surface area contributed by atoms with Crippen LogP contribution in [0.4, 0.5) is 11.4 Å². The molecule has 0 bridgehead atoms. The zero-order valence-electron chi connectivity index (χ0n) is 11.8. The molecule has 7 nitrogen and oxygen atoms in total. The molecule has 21 heavy (non-hydrogen) atoms. The zero-order valence-corrected chi connectivity index (χ0v) is 11.8. The molecule has 0 amide bonds. The summed E-state index contributed by atoms with van der Waals surface area (Å²) in [6.07, 6.45) is 0.946. The molecular formula is C14H18N2O5. The van der Waals surface area contributed by atoms with Crippen molar-refractivity contribution in [3.05, 3.63) is 33.9 Å². The van der Waals surface area contributed by atoms with E-state index in [4.69, 9.17) is 9.47 Å². The highest BCUT2D eigenvalue weighted by molar-refractivity contribution is 5.91. The largest absolute Gasteiger partial charge is 0.462 e. The summed E-state index contributed by atoms with van der Waals surface area (Å²) >= 11 is 0. The Morgan fingerprint density at radius 3 is 3.00 bits per heavy atom. The van der Waals surface area contributed by atoms with E-state index in [-0.39, 0.29) is 17.9 Å². The number of nitrogens with one attached hydrogen (secondary N) is 1. The van der Waals surface area contributed by atoms with Crippen molar-refractivity contribution in [1.29, 1.82) is 0 Å². The number of anilines is 1. The van der Waals surface area contributed by atoms with Crippen molar-refractivity contribution in [2.24, 2.45) is 5.92 Å². The van der Waals surface area contributed by atoms with Crippen LogP contribution in [0.3, 0.4) is 0 Å². The van der Waals surface area contributed by atoms with E-state index in [0.717, 1.165) is 13.0 Å². The number of carbonyl (C=O) groups is 1. The second-order valence-corrected chi connectivity index (χ2v) is 4.82. The Labute approximate surface area is 122 Å². The summed E-state index contributed by atoms with van der Waals surface area (Å²) in [5, 5.41) is 14.2. The molecule has 2 rings (SSSR count). The second-order valence-electron chi connectivity index (χ2n) is 4.82. The number of carbonyl (C=O) groups excluding carboxylic acids is 1. The van der Waals surface area contributed by atoms with Gasteiger partial charge in [-0.15, -0.1) is 0 Å². The van der Waals surface area contributed by atoms with Gasteiger partial charge in [0.2, 0.25) is 0 Å². The zero-order chi connectivity index (χ0) is 15.2. The fourth-order valence-electron chi connectivity index (χ4n) is 2.17. The van der Waals surface area contributed by atoms with Gasteiger partial charge in [-0.05, 0) is 25.5 Å². The number of nitro groups is 1. The molecule has 114 valence electrons. The van der Waals surface area contributed by atoms with Gasteiger partial charge in [0.25, 0.3) is 5.69 Å². The molecule has 1 N–H and O–H groups in total. The lowest BCUT2D eigenvalue weighted by atomic mass is 10.1. The van der Waals surface area contributed by atoms with Crippen LogP contribution in [0.25, 0.3) is 0 Å². The predicted molar refractivity (Wildman–Crippen MR) is 76.5 cm³/mol. The normalized spacial score (nSPS) is 17.5. The SMILES string of the molecule is CCOC(=O)c1ccc(NCC2CCOC2)c([N+](=O)[O-])c1. The first kappa shape index (κ1) is 15.2. The Balaban J connectivity index is 2.12. The van der Waals surface area contributed by atoms with Crippen LogP contribution in [0, 0.1) is 16.0 Å². The Morgan fingerprint density at radius 2 is 2.38 bits per heavy atom. The molecule has 0 saturated carbocycles. The summed E-state index contributed by atoms with van der Waals surface area (Å²) in [4.78, 5) is 22.3. The lowest BCUT2D eigenvalue weighted by molar-refractivity contribution is -0.384. The average Bonchev–Trinajstić information content (AvgIpc) is 2.98. The van der Waals surface area contributed by atoms with Crippen molar-refractivity contribution in [1.82, 2.24) is 0 Å². The van der Waals surface area contributed by atoms with Gasteiger partial charge < -0.3 is 14.8 Å². The van der Waals surface area contributed by atoms with Gasteiger partial charge in [0.1, 0.15) is 5.69 Å². The molecule has 1 aliphatic rings. The minimum atomic E-state index is -0.559. The van der Waals surface area contributed by atoms with Gasteiger partial charge in [-0.3, -0.25) is 10.1 Å². The van der Waals surface area contributed by atoms with Gasteiger partial charge in [-0.2, -0.15) is 0 Å². The molecule has 1 fully saturated rings. The maximum Gasteiger partial charge on any atom is 0.338 e. The van der Waals surface area contributed by atoms with Gasteiger partial charge >= 0.3 is 5.97 Å². The lowest BCUT2D eigenvalue weighted by Gasteiger charge is -2.11. The number of esters is 1. The average molecular weight is 294 g/mol. The van der Waals surface area contributed by atoms with Crippen LogP contribution in [-0.2, 0) is 9.47 Å². The smallest absolute Gasteiger partial charge is 0.338 e. The van der Waals surface area contributed by atoms with E-state index in [1.165, 1.54) is 12.1 Å². The number of nitro benzene ring substituents is 1. The molecule has 0 aromatic heterocycles. The standard InChI is InChI=1S/C14H18N2O5/c1-2-21-14(17)11-3-4-12(13(7-11)16(18)19)15-8-10-5-6-20-9-10/h3-4,7,10,15H,2,5-6,8-9H2,1H3. The summed E-state index contributed by atoms with van der Waals surface area (Å²) in [5.41, 5.74) is 0.456. The van der Waals surface area contributed by atoms with E-state index in [1.54, 1.807) is 13.0 Å². The van der Waals surface area contributed by atoms with Gasteiger partial charge in [-0.1, -0.05) is 0 Å². The monoisotopic (exact) mass is 294 g/mol. The third kappa shape index (κ3) is 3.91. The van der Waals surface area contributed by atoms with E-state index in [1.807, 2.05) is 0 Å². The first-order valence-electron chi connectivity index (χ1n) is 6.89. The third-order valence-electron chi connectivity index (χ3n) is 3.31. The molecule has 0 spiro atoms. The minimum Gasteiger partial charge on any atom is -0.462 e. The molecule has 1 aromatic carbocycles. The number of rotatable bonds is 6. The summed E-state index contributed by atoms with van der Waals surface area (Å²) in [5.74, 6) is -0.203. The fourth-order valence-corrected chi connectivity index (χ4v) is 2.17. The van der Waals surface area contributed by atoms with Crippen molar-refractivity contribution in [3.8, 4) is 0 Å². The molecule has 1 saturated heterocycles. The number of nitrogens with zero attached hydrogens (tertiary/aromatic N) is 1. The molecule has 1 aromatic rings. The van der Waals surface area contributed by atoms with Crippen LogP contribution in [0.2, 0.25) is 0 Å². The first-order valence-corrected chi connectivity index (χ1v) is 6.89. The Hall–Kier alpha value is -2.15. The van der Waals surface area contributed by atoms with Crippen molar-refractivity contribution >= 4 is 17.3 Å². The first-order chi connectivity index (χ1) is 10.1. The maximum absolute atomic E-state index is 11.6. The van der Waals surface area contributed by atoms with Crippen LogP contribution in [0.15, 0.2) is 18.2 Å². The lowest BCUT2D eigenvalue weighted by Crippen LogP contribution is -2.15. The van der Waals surface area contributed by atoms with Crippen LogP contribution >= 0.6 is 0 Å². The molecule has 1 heterocycles. The molecular weight excluding hydrogens is 276 g/mol. The third-order valence-corrected chi connectivity index (χ3v) is 3.31. The highest BCUT2D eigenvalue weighted by Gasteiger charge is 2.20. The van der Waals surface area contributed by atoms with Crippen LogP contribution in [-0.4, -0.2) is 37.3 Å². The molecule has 1 unspecified atom stereocenters. The van der Waals surface area contributed by atoms with Crippen LogP contribution < -0.4 is 5.32 Å². The van der Waals surface area contributed by atoms with Crippen LogP contribution in [0.1, 0.15) is 23.7 Å². The molecule has 1 atom stereocenters. The topological polar surface area (TPSA) is 90.7 Å². The molecule has 7 heteroatoms. The quantitative estimate of drug-likeness (QED) is 0.491. The van der Waals surface area contributed by atoms with E-state index in [9.17, 15) is 14.9 Å². The van der Waals surface area contributed by atoms with Crippen molar-refractivity contribution in [2.45, 2.75) is 13.3 Å². The van der Waals surface area contributed by atoms with Gasteiger partial charge in [0.15, 0.2) is 0 Å². The number of hydrogen-bond donors (Lipinski definition) is 1. The summed E-state index contributed by atoms with van der Waals surface area (Å²) in [6.45, 7) is 3.93. The van der Waals surface area contributed by atoms with E-state index in [2.05, 4.69) is 5.32 Å².